The highest BCUT2D eigenvalue weighted by Crippen LogP contribution is 2.38. The smallest absolute Gasteiger partial charge is 0.0166 e. The summed E-state index contributed by atoms with van der Waals surface area (Å²) in [6, 6.07) is 28.3. The molecule has 1 saturated heterocycles. The summed E-state index contributed by atoms with van der Waals surface area (Å²) in [7, 11) is 0. The number of rotatable bonds is 3. The maximum atomic E-state index is 2.57. The number of hydrogen-bond acceptors (Lipinski definition) is 1. The fourth-order valence-electron chi connectivity index (χ4n) is 4.60. The van der Waals surface area contributed by atoms with Crippen LogP contribution >= 0.6 is 12.4 Å². The van der Waals surface area contributed by atoms with Crippen molar-refractivity contribution in [2.24, 2.45) is 0 Å². The summed E-state index contributed by atoms with van der Waals surface area (Å²) in [6.07, 6.45) is 11.3. The number of piperidine rings is 1. The average Bonchev–Trinajstić information content (AvgIpc) is 2.97. The van der Waals surface area contributed by atoms with Gasteiger partial charge in [-0.05, 0) is 46.2 Å². The van der Waals surface area contributed by atoms with Crippen LogP contribution in [0.4, 0.5) is 0 Å². The van der Waals surface area contributed by atoms with Crippen LogP contribution in [0, 0.1) is 0 Å². The molecule has 5 rings (SSSR count). The highest BCUT2D eigenvalue weighted by Gasteiger charge is 2.21. The van der Waals surface area contributed by atoms with Crippen molar-refractivity contribution in [2.45, 2.75) is 12.8 Å². The molecule has 2 heteroatoms. The minimum absolute atomic E-state index is 0. The van der Waals surface area contributed by atoms with Crippen LogP contribution in [0.15, 0.2) is 90.5 Å². The van der Waals surface area contributed by atoms with Gasteiger partial charge in [-0.3, -0.25) is 4.90 Å². The van der Waals surface area contributed by atoms with Gasteiger partial charge in [0.2, 0.25) is 0 Å². The molecule has 1 heterocycles. The molecule has 0 amide bonds. The molecule has 1 fully saturated rings. The summed E-state index contributed by atoms with van der Waals surface area (Å²) >= 11 is 0. The molecule has 3 aromatic carbocycles. The third kappa shape index (κ3) is 4.74. The van der Waals surface area contributed by atoms with Gasteiger partial charge in [0, 0.05) is 19.6 Å². The van der Waals surface area contributed by atoms with Crippen LogP contribution in [-0.2, 0) is 0 Å². The molecule has 0 N–H and O–H groups in total. The largest absolute Gasteiger partial charge is 0.299 e. The zero-order valence-electron chi connectivity index (χ0n) is 17.7. The van der Waals surface area contributed by atoms with E-state index in [1.807, 2.05) is 0 Å². The maximum absolute atomic E-state index is 2.57. The van der Waals surface area contributed by atoms with Crippen molar-refractivity contribution in [3.05, 3.63) is 118 Å². The molecule has 0 aromatic heterocycles. The molecule has 31 heavy (non-hydrogen) atoms. The molecular weight excluding hydrogens is 398 g/mol. The van der Waals surface area contributed by atoms with Crippen LogP contribution < -0.4 is 0 Å². The molecule has 156 valence electrons. The van der Waals surface area contributed by atoms with Gasteiger partial charge in [0.05, 0.1) is 0 Å². The zero-order valence-corrected chi connectivity index (χ0v) is 18.5. The van der Waals surface area contributed by atoms with Crippen LogP contribution in [0.5, 0.6) is 0 Å². The Morgan fingerprint density at radius 2 is 1.23 bits per heavy atom. The van der Waals surface area contributed by atoms with E-state index in [9.17, 15) is 0 Å². The lowest BCUT2D eigenvalue weighted by atomic mass is 9.86. The third-order valence-electron chi connectivity index (χ3n) is 6.19. The summed E-state index contributed by atoms with van der Waals surface area (Å²) in [4.78, 5) is 2.57. The van der Waals surface area contributed by atoms with Crippen molar-refractivity contribution in [1.29, 1.82) is 0 Å². The van der Waals surface area contributed by atoms with E-state index >= 15 is 0 Å². The van der Waals surface area contributed by atoms with Crippen LogP contribution in [0.3, 0.4) is 0 Å². The summed E-state index contributed by atoms with van der Waals surface area (Å²) in [5.41, 5.74) is 9.75. The van der Waals surface area contributed by atoms with E-state index in [1.165, 1.54) is 33.4 Å². The Morgan fingerprint density at radius 3 is 1.84 bits per heavy atom. The van der Waals surface area contributed by atoms with E-state index in [4.69, 9.17) is 0 Å². The predicted molar refractivity (Wildman–Crippen MR) is 136 cm³/mol. The standard InChI is InChI=1S/C29H27N.ClH/c1-2-9-23(10-3-1)11-8-20-30-21-18-26(19-22-30)29-27-14-6-4-12-24(27)16-17-25-13-5-7-15-28(25)29;/h1-17H,18-22H2;1H/b11-8+;. The number of benzene rings is 3. The summed E-state index contributed by atoms with van der Waals surface area (Å²) in [5, 5.41) is 0. The Labute approximate surface area is 191 Å². The number of nitrogens with zero attached hydrogens (tertiary/aromatic N) is 1. The first-order valence-corrected chi connectivity index (χ1v) is 10.9. The van der Waals surface area contributed by atoms with Gasteiger partial charge in [0.1, 0.15) is 0 Å². The van der Waals surface area contributed by atoms with Gasteiger partial charge in [-0.25, -0.2) is 0 Å². The Balaban J connectivity index is 0.00000231. The molecule has 1 nitrogen and oxygen atoms in total. The normalized spacial score (nSPS) is 15.9. The zero-order chi connectivity index (χ0) is 20.2. The van der Waals surface area contributed by atoms with Gasteiger partial charge in [-0.15, -0.1) is 12.4 Å². The summed E-state index contributed by atoms with van der Waals surface area (Å²) in [6.45, 7) is 3.26. The van der Waals surface area contributed by atoms with Gasteiger partial charge in [-0.1, -0.05) is 109 Å². The van der Waals surface area contributed by atoms with Crippen LogP contribution in [0.2, 0.25) is 0 Å². The van der Waals surface area contributed by atoms with E-state index in [0.717, 1.165) is 32.5 Å². The Kier molecular flexibility index (Phi) is 6.86. The van der Waals surface area contributed by atoms with Crippen LogP contribution in [0.1, 0.15) is 40.7 Å². The monoisotopic (exact) mass is 425 g/mol. The van der Waals surface area contributed by atoms with Crippen molar-refractivity contribution < 1.29 is 0 Å². The Morgan fingerprint density at radius 1 is 0.677 bits per heavy atom. The van der Waals surface area contributed by atoms with E-state index in [0.29, 0.717) is 0 Å². The van der Waals surface area contributed by atoms with E-state index < -0.39 is 0 Å². The van der Waals surface area contributed by atoms with Gasteiger partial charge >= 0.3 is 0 Å². The lowest BCUT2D eigenvalue weighted by Crippen LogP contribution is -2.31. The van der Waals surface area contributed by atoms with Crippen LogP contribution in [-0.4, -0.2) is 24.5 Å². The second-order valence-corrected chi connectivity index (χ2v) is 8.10. The van der Waals surface area contributed by atoms with E-state index in [-0.39, 0.29) is 12.4 Å². The highest BCUT2D eigenvalue weighted by molar-refractivity contribution is 5.94. The first-order chi connectivity index (χ1) is 14.9. The topological polar surface area (TPSA) is 3.24 Å². The van der Waals surface area contributed by atoms with Crippen molar-refractivity contribution in [2.75, 3.05) is 19.6 Å². The number of halogens is 1. The first kappa shape index (κ1) is 21.4. The van der Waals surface area contributed by atoms with Gasteiger partial charge in [0.25, 0.3) is 0 Å². The minimum Gasteiger partial charge on any atom is -0.299 e. The lowest BCUT2D eigenvalue weighted by molar-refractivity contribution is 0.284. The second-order valence-electron chi connectivity index (χ2n) is 8.10. The second kappa shape index (κ2) is 9.96. The molecule has 0 radical (unpaired) electrons. The molecule has 1 aliphatic heterocycles. The molecule has 3 aromatic rings. The summed E-state index contributed by atoms with van der Waals surface area (Å²) < 4.78 is 0. The van der Waals surface area contributed by atoms with Crippen molar-refractivity contribution in [1.82, 2.24) is 4.90 Å². The molecule has 0 spiro atoms. The SMILES string of the molecule is C1=Cc2ccccc2C(=C2CCN(C/C=C/c3ccccc3)CC2)c2ccccc21.Cl. The fourth-order valence-corrected chi connectivity index (χ4v) is 4.60. The molecule has 0 saturated carbocycles. The quantitative estimate of drug-likeness (QED) is 0.335. The number of hydrogen-bond donors (Lipinski definition) is 0. The van der Waals surface area contributed by atoms with Gasteiger partial charge in [0.15, 0.2) is 0 Å². The number of likely N-dealkylation sites (tertiary alicyclic amines) is 1. The molecule has 2 aliphatic rings. The number of fused-ring (bicyclic) bond motifs is 2. The highest BCUT2D eigenvalue weighted by atomic mass is 35.5. The molecule has 0 bridgehead atoms. The molecular formula is C29H28ClN. The molecule has 0 unspecified atom stereocenters. The van der Waals surface area contributed by atoms with E-state index in [1.54, 1.807) is 5.57 Å². The van der Waals surface area contributed by atoms with Crippen molar-refractivity contribution in [3.8, 4) is 0 Å². The first-order valence-electron chi connectivity index (χ1n) is 10.9. The maximum Gasteiger partial charge on any atom is 0.0166 e. The Hall–Kier alpha value is -2.87. The molecule has 0 atom stereocenters. The summed E-state index contributed by atoms with van der Waals surface area (Å²) in [5.74, 6) is 0. The predicted octanol–water partition coefficient (Wildman–Crippen LogP) is 7.20. The third-order valence-corrected chi connectivity index (χ3v) is 6.19. The average molecular weight is 426 g/mol. The van der Waals surface area contributed by atoms with Gasteiger partial charge in [-0.2, -0.15) is 0 Å². The fraction of sp³-hybridized carbons (Fsp3) is 0.172. The molecule has 1 aliphatic carbocycles. The minimum atomic E-state index is 0. The van der Waals surface area contributed by atoms with Gasteiger partial charge < -0.3 is 0 Å². The van der Waals surface area contributed by atoms with Crippen molar-refractivity contribution in [3.63, 3.8) is 0 Å². The Bertz CT molecular complexity index is 1060. The van der Waals surface area contributed by atoms with E-state index in [2.05, 4.69) is 108 Å². The van der Waals surface area contributed by atoms with Crippen molar-refractivity contribution >= 4 is 36.2 Å². The lowest BCUT2D eigenvalue weighted by Gasteiger charge is -2.29. The van der Waals surface area contributed by atoms with Crippen LogP contribution in [0.25, 0.3) is 23.8 Å².